The van der Waals surface area contributed by atoms with Gasteiger partial charge in [0, 0.05) is 17.0 Å². The van der Waals surface area contributed by atoms with E-state index in [1.807, 2.05) is 37.4 Å². The number of fused-ring (bicyclic) bond motifs is 1. The molecule has 3 rings (SSSR count). The molecule has 0 radical (unpaired) electrons. The molecule has 4 atom stereocenters. The van der Waals surface area contributed by atoms with Gasteiger partial charge in [-0.05, 0) is 39.7 Å². The normalized spacial score (nSPS) is 34.9. The standard InChI is InChI=1S/C19H27NO2/c1-13-10-11-15-16(12-13)22-18(20(4)19(15,2)3)17(21)14-8-6-5-7-9-14/h5-9,13,15-16,18H,10-12H2,1-4H3/t13-,15-,16-,18+/m1/s1. The number of Topliss-reactive ketones (excluding diaryl/α,β-unsaturated/α-hetero) is 1. The Kier molecular flexibility index (Phi) is 4.13. The Labute approximate surface area is 133 Å². The molecule has 1 aromatic rings. The number of ketones is 1. The quantitative estimate of drug-likeness (QED) is 0.779. The van der Waals surface area contributed by atoms with Crippen molar-refractivity contribution in [2.75, 3.05) is 7.05 Å². The molecule has 1 aromatic carbocycles. The third kappa shape index (κ3) is 2.61. The average Bonchev–Trinajstić information content (AvgIpc) is 2.51. The molecule has 1 aliphatic heterocycles. The Bertz CT molecular complexity index is 540. The number of carbonyl (C=O) groups is 1. The minimum absolute atomic E-state index is 0.0157. The molecular weight excluding hydrogens is 274 g/mol. The van der Waals surface area contributed by atoms with Gasteiger partial charge in [-0.25, -0.2) is 0 Å². The summed E-state index contributed by atoms with van der Waals surface area (Å²) in [6.07, 6.45) is 3.26. The number of ether oxygens (including phenoxy) is 1. The number of likely N-dealkylation sites (N-methyl/N-ethyl adjacent to an activating group) is 1. The third-order valence-electron chi connectivity index (χ3n) is 5.81. The molecule has 0 amide bonds. The summed E-state index contributed by atoms with van der Waals surface area (Å²) in [7, 11) is 2.03. The second kappa shape index (κ2) is 5.78. The van der Waals surface area contributed by atoms with Gasteiger partial charge < -0.3 is 4.74 Å². The maximum atomic E-state index is 12.9. The van der Waals surface area contributed by atoms with Crippen LogP contribution in [0.5, 0.6) is 0 Å². The van der Waals surface area contributed by atoms with Gasteiger partial charge in [-0.3, -0.25) is 9.69 Å². The summed E-state index contributed by atoms with van der Waals surface area (Å²) in [5, 5.41) is 0. The number of rotatable bonds is 2. The molecule has 120 valence electrons. The van der Waals surface area contributed by atoms with E-state index >= 15 is 0 Å². The molecule has 1 saturated carbocycles. The van der Waals surface area contributed by atoms with Crippen LogP contribution in [0, 0.1) is 11.8 Å². The highest BCUT2D eigenvalue weighted by Gasteiger charge is 2.50. The zero-order valence-corrected chi connectivity index (χ0v) is 14.1. The van der Waals surface area contributed by atoms with Crippen LogP contribution < -0.4 is 0 Å². The van der Waals surface area contributed by atoms with E-state index < -0.39 is 6.23 Å². The summed E-state index contributed by atoms with van der Waals surface area (Å²) >= 11 is 0. The summed E-state index contributed by atoms with van der Waals surface area (Å²) in [5.74, 6) is 1.27. The van der Waals surface area contributed by atoms with Crippen LogP contribution >= 0.6 is 0 Å². The molecule has 2 aliphatic rings. The molecule has 0 aromatic heterocycles. The summed E-state index contributed by atoms with van der Waals surface area (Å²) in [6.45, 7) is 6.81. The molecule has 1 heterocycles. The van der Waals surface area contributed by atoms with E-state index in [2.05, 4.69) is 25.7 Å². The largest absolute Gasteiger partial charge is 0.352 e. The number of carbonyl (C=O) groups excluding carboxylic acids is 1. The number of hydrogen-bond acceptors (Lipinski definition) is 3. The van der Waals surface area contributed by atoms with Crippen molar-refractivity contribution in [3.8, 4) is 0 Å². The lowest BCUT2D eigenvalue weighted by Crippen LogP contribution is -2.65. The molecule has 22 heavy (non-hydrogen) atoms. The predicted molar refractivity (Wildman–Crippen MR) is 87.8 cm³/mol. The summed E-state index contributed by atoms with van der Waals surface area (Å²) in [4.78, 5) is 15.0. The topological polar surface area (TPSA) is 29.5 Å². The van der Waals surface area contributed by atoms with Crippen molar-refractivity contribution in [3.63, 3.8) is 0 Å². The van der Waals surface area contributed by atoms with Crippen LogP contribution in [0.25, 0.3) is 0 Å². The monoisotopic (exact) mass is 301 g/mol. The maximum absolute atomic E-state index is 12.9. The highest BCUT2D eigenvalue weighted by molar-refractivity contribution is 5.99. The van der Waals surface area contributed by atoms with Gasteiger partial charge in [-0.2, -0.15) is 0 Å². The van der Waals surface area contributed by atoms with Crippen LogP contribution in [0.15, 0.2) is 30.3 Å². The second-order valence-electron chi connectivity index (χ2n) is 7.55. The van der Waals surface area contributed by atoms with Crippen molar-refractivity contribution in [1.82, 2.24) is 4.90 Å². The highest BCUT2D eigenvalue weighted by Crippen LogP contribution is 2.44. The lowest BCUT2D eigenvalue weighted by Gasteiger charge is -2.55. The van der Waals surface area contributed by atoms with E-state index in [0.717, 1.165) is 12.0 Å². The minimum Gasteiger partial charge on any atom is -0.352 e. The van der Waals surface area contributed by atoms with Crippen LogP contribution in [0.3, 0.4) is 0 Å². The predicted octanol–water partition coefficient (Wildman–Crippen LogP) is 3.74. The first kappa shape index (κ1) is 15.7. The smallest absolute Gasteiger partial charge is 0.206 e. The van der Waals surface area contributed by atoms with Gasteiger partial charge in [0.2, 0.25) is 5.78 Å². The molecule has 1 aliphatic carbocycles. The summed E-state index contributed by atoms with van der Waals surface area (Å²) in [5.41, 5.74) is 0.718. The zero-order valence-electron chi connectivity index (χ0n) is 14.1. The van der Waals surface area contributed by atoms with Gasteiger partial charge >= 0.3 is 0 Å². The van der Waals surface area contributed by atoms with Crippen LogP contribution in [0.1, 0.15) is 50.4 Å². The Balaban J connectivity index is 1.87. The van der Waals surface area contributed by atoms with E-state index in [9.17, 15) is 4.79 Å². The summed E-state index contributed by atoms with van der Waals surface area (Å²) in [6, 6.07) is 9.51. The first-order chi connectivity index (χ1) is 10.4. The van der Waals surface area contributed by atoms with Crippen molar-refractivity contribution in [3.05, 3.63) is 35.9 Å². The number of hydrogen-bond donors (Lipinski definition) is 0. The molecule has 0 spiro atoms. The SMILES string of the molecule is C[C@@H]1CC[C@@H]2[C@@H](C1)O[C@@H](C(=O)c1ccccc1)N(C)C2(C)C. The number of benzene rings is 1. The fourth-order valence-electron chi connectivity index (χ4n) is 4.09. The van der Waals surface area contributed by atoms with Gasteiger partial charge in [-0.1, -0.05) is 43.7 Å². The van der Waals surface area contributed by atoms with Crippen LogP contribution in [0.2, 0.25) is 0 Å². The first-order valence-corrected chi connectivity index (χ1v) is 8.39. The van der Waals surface area contributed by atoms with E-state index in [1.165, 1.54) is 12.8 Å². The Morgan fingerprint density at radius 3 is 2.59 bits per heavy atom. The van der Waals surface area contributed by atoms with Crippen LogP contribution in [-0.2, 0) is 4.74 Å². The van der Waals surface area contributed by atoms with E-state index in [1.54, 1.807) is 0 Å². The number of nitrogens with zero attached hydrogens (tertiary/aromatic N) is 1. The minimum atomic E-state index is -0.469. The molecule has 0 bridgehead atoms. The molecule has 3 nitrogen and oxygen atoms in total. The van der Waals surface area contributed by atoms with Gasteiger partial charge in [0.15, 0.2) is 6.23 Å². The summed E-state index contributed by atoms with van der Waals surface area (Å²) < 4.78 is 6.30. The average molecular weight is 301 g/mol. The molecule has 0 unspecified atom stereocenters. The zero-order chi connectivity index (χ0) is 15.9. The van der Waals surface area contributed by atoms with Crippen molar-refractivity contribution < 1.29 is 9.53 Å². The maximum Gasteiger partial charge on any atom is 0.206 e. The fraction of sp³-hybridized carbons (Fsp3) is 0.632. The van der Waals surface area contributed by atoms with Crippen molar-refractivity contribution in [2.24, 2.45) is 11.8 Å². The van der Waals surface area contributed by atoms with Crippen molar-refractivity contribution >= 4 is 5.78 Å². The van der Waals surface area contributed by atoms with Crippen LogP contribution in [0.4, 0.5) is 0 Å². The highest BCUT2D eigenvalue weighted by atomic mass is 16.5. The lowest BCUT2D eigenvalue weighted by atomic mass is 9.70. The van der Waals surface area contributed by atoms with Crippen LogP contribution in [-0.4, -0.2) is 35.6 Å². The third-order valence-corrected chi connectivity index (χ3v) is 5.81. The Morgan fingerprint density at radius 1 is 1.23 bits per heavy atom. The molecule has 3 heteroatoms. The van der Waals surface area contributed by atoms with E-state index in [-0.39, 0.29) is 17.4 Å². The van der Waals surface area contributed by atoms with E-state index in [0.29, 0.717) is 11.8 Å². The first-order valence-electron chi connectivity index (χ1n) is 8.39. The molecule has 2 fully saturated rings. The fourth-order valence-corrected chi connectivity index (χ4v) is 4.09. The Morgan fingerprint density at radius 2 is 1.91 bits per heavy atom. The Hall–Kier alpha value is -1.19. The molecular formula is C19H27NO2. The van der Waals surface area contributed by atoms with Crippen molar-refractivity contribution in [2.45, 2.75) is 57.9 Å². The van der Waals surface area contributed by atoms with Gasteiger partial charge in [0.25, 0.3) is 0 Å². The molecule has 0 N–H and O–H groups in total. The van der Waals surface area contributed by atoms with Crippen molar-refractivity contribution in [1.29, 1.82) is 0 Å². The van der Waals surface area contributed by atoms with E-state index in [4.69, 9.17) is 4.74 Å². The van der Waals surface area contributed by atoms with Gasteiger partial charge in [-0.15, -0.1) is 0 Å². The molecule has 1 saturated heterocycles. The lowest BCUT2D eigenvalue weighted by molar-refractivity contribution is -0.205. The van der Waals surface area contributed by atoms with Gasteiger partial charge in [0.05, 0.1) is 6.10 Å². The van der Waals surface area contributed by atoms with Gasteiger partial charge in [0.1, 0.15) is 0 Å². The second-order valence-corrected chi connectivity index (χ2v) is 7.55.